The number of aliphatic hydroxyl groups excluding tert-OH is 1. The third kappa shape index (κ3) is 53.8. The van der Waals surface area contributed by atoms with Gasteiger partial charge in [0.15, 0.2) is 0 Å². The summed E-state index contributed by atoms with van der Waals surface area (Å²) < 4.78 is 23.7. The maximum atomic E-state index is 13.0. The highest BCUT2D eigenvalue weighted by Crippen LogP contribution is 2.43. The van der Waals surface area contributed by atoms with E-state index < -0.39 is 20.0 Å². The van der Waals surface area contributed by atoms with Crippen LogP contribution in [-0.4, -0.2) is 73.4 Å². The highest BCUT2D eigenvalue weighted by atomic mass is 31.2. The number of hydrogen-bond acceptors (Lipinski definition) is 5. The summed E-state index contributed by atoms with van der Waals surface area (Å²) in [5, 5.41) is 13.9. The lowest BCUT2D eigenvalue weighted by Crippen LogP contribution is -2.45. The standard InChI is InChI=1S/C60H113N2O6P/c1-6-8-10-12-14-16-18-20-22-24-26-28-29-30-31-32-33-34-36-38-40-42-44-46-48-50-52-54-60(64)61-58(57-68-69(65,66)67-56-55-62(3,4)5)59(63)53-51-49-47-45-43-41-39-37-35-27-25-23-21-19-17-15-13-11-9-7-2/h18,20,24,26,35,37,43,45,51,53,58-59,63H,6-17,19,21-23,25,27-34,36,38-42,44,46-50,52,54-57H2,1-5H3,(H-,61,64,65,66)/p+1/b20-18-,26-24-,37-35+,45-43+,53-51+. The molecule has 0 aliphatic heterocycles. The Morgan fingerprint density at radius 2 is 0.841 bits per heavy atom. The summed E-state index contributed by atoms with van der Waals surface area (Å²) in [6, 6.07) is -0.872. The number of rotatable bonds is 53. The summed E-state index contributed by atoms with van der Waals surface area (Å²) in [7, 11) is 1.55. The van der Waals surface area contributed by atoms with Gasteiger partial charge in [0.25, 0.3) is 0 Å². The van der Waals surface area contributed by atoms with Crippen molar-refractivity contribution >= 4 is 13.7 Å². The molecule has 404 valence electrons. The van der Waals surface area contributed by atoms with E-state index in [4.69, 9.17) is 9.05 Å². The van der Waals surface area contributed by atoms with E-state index in [1.165, 1.54) is 193 Å². The number of aliphatic hydroxyl groups is 1. The Kier molecular flexibility index (Phi) is 49.8. The maximum absolute atomic E-state index is 13.0. The predicted octanol–water partition coefficient (Wildman–Crippen LogP) is 17.7. The van der Waals surface area contributed by atoms with Gasteiger partial charge >= 0.3 is 7.82 Å². The van der Waals surface area contributed by atoms with Crippen LogP contribution in [0.4, 0.5) is 0 Å². The number of likely N-dealkylation sites (N-methyl/N-ethyl adjacent to an activating group) is 1. The van der Waals surface area contributed by atoms with Crippen LogP contribution in [0.1, 0.15) is 264 Å². The molecule has 0 aliphatic rings. The number of phosphoric ester groups is 1. The first kappa shape index (κ1) is 67.2. The molecule has 3 atom stereocenters. The van der Waals surface area contributed by atoms with Crippen molar-refractivity contribution < 1.29 is 32.9 Å². The molecular weight excluding hydrogens is 876 g/mol. The van der Waals surface area contributed by atoms with Gasteiger partial charge in [-0.25, -0.2) is 4.57 Å². The maximum Gasteiger partial charge on any atom is 0.472 e. The second kappa shape index (κ2) is 51.1. The smallest absolute Gasteiger partial charge is 0.387 e. The number of amides is 1. The van der Waals surface area contributed by atoms with Gasteiger partial charge < -0.3 is 19.8 Å². The van der Waals surface area contributed by atoms with E-state index in [2.05, 4.69) is 67.8 Å². The lowest BCUT2D eigenvalue weighted by molar-refractivity contribution is -0.870. The van der Waals surface area contributed by atoms with Crippen molar-refractivity contribution in [1.29, 1.82) is 0 Å². The topological polar surface area (TPSA) is 105 Å². The number of phosphoric acid groups is 1. The molecule has 69 heavy (non-hydrogen) atoms. The first-order valence-corrected chi connectivity index (χ1v) is 30.7. The highest BCUT2D eigenvalue weighted by Gasteiger charge is 2.27. The minimum atomic E-state index is -4.36. The van der Waals surface area contributed by atoms with Gasteiger partial charge in [-0.2, -0.15) is 0 Å². The van der Waals surface area contributed by atoms with E-state index >= 15 is 0 Å². The average Bonchev–Trinajstić information content (AvgIpc) is 3.31. The van der Waals surface area contributed by atoms with Gasteiger partial charge in [-0.15, -0.1) is 0 Å². The highest BCUT2D eigenvalue weighted by molar-refractivity contribution is 7.47. The van der Waals surface area contributed by atoms with Gasteiger partial charge in [0.05, 0.1) is 39.9 Å². The lowest BCUT2D eigenvalue weighted by Gasteiger charge is -2.25. The second-order valence-corrected chi connectivity index (χ2v) is 22.4. The summed E-state index contributed by atoms with van der Waals surface area (Å²) in [6.45, 7) is 4.79. The molecule has 0 heterocycles. The summed E-state index contributed by atoms with van der Waals surface area (Å²) in [5.41, 5.74) is 0. The molecule has 0 saturated heterocycles. The van der Waals surface area contributed by atoms with Gasteiger partial charge in [-0.05, 0) is 77.0 Å². The monoisotopic (exact) mass is 990 g/mol. The third-order valence-electron chi connectivity index (χ3n) is 12.9. The predicted molar refractivity (Wildman–Crippen MR) is 300 cm³/mol. The van der Waals surface area contributed by atoms with Crippen LogP contribution in [0.15, 0.2) is 60.8 Å². The molecule has 0 aromatic rings. The molecule has 3 unspecified atom stereocenters. The van der Waals surface area contributed by atoms with Crippen molar-refractivity contribution in [2.75, 3.05) is 40.9 Å². The molecule has 3 N–H and O–H groups in total. The van der Waals surface area contributed by atoms with Crippen LogP contribution >= 0.6 is 7.82 Å². The summed E-state index contributed by atoms with van der Waals surface area (Å²) in [6.07, 6.45) is 69.0. The molecule has 8 nitrogen and oxygen atoms in total. The Morgan fingerprint density at radius 1 is 0.493 bits per heavy atom. The van der Waals surface area contributed by atoms with E-state index in [1.807, 2.05) is 27.2 Å². The van der Waals surface area contributed by atoms with E-state index in [0.717, 1.165) is 51.4 Å². The Hall–Kier alpha value is -1.80. The van der Waals surface area contributed by atoms with Crippen molar-refractivity contribution in [3.63, 3.8) is 0 Å². The molecule has 0 fully saturated rings. The van der Waals surface area contributed by atoms with Crippen molar-refractivity contribution in [3.05, 3.63) is 60.8 Å². The molecule has 9 heteroatoms. The first-order valence-electron chi connectivity index (χ1n) is 29.2. The minimum Gasteiger partial charge on any atom is -0.387 e. The van der Waals surface area contributed by atoms with Crippen molar-refractivity contribution in [2.45, 2.75) is 276 Å². The van der Waals surface area contributed by atoms with E-state index in [9.17, 15) is 19.4 Å². The van der Waals surface area contributed by atoms with Gasteiger partial charge in [-0.3, -0.25) is 13.8 Å². The zero-order valence-electron chi connectivity index (χ0n) is 46.0. The SMILES string of the molecule is CCCCCCC/C=C\C/C=C\CCCCCCCCCCCCCCCCCC(=O)NC(COP(=O)(O)OCC[N+](C)(C)C)C(O)/C=C/CC/C=C/CC/C=C/CCCCCCCCCCCC. The van der Waals surface area contributed by atoms with E-state index in [-0.39, 0.29) is 19.1 Å². The van der Waals surface area contributed by atoms with E-state index in [0.29, 0.717) is 17.4 Å². The van der Waals surface area contributed by atoms with Crippen molar-refractivity contribution in [1.82, 2.24) is 5.32 Å². The normalized spacial score (nSPS) is 14.4. The number of unbranched alkanes of at least 4 members (excludes halogenated alkanes) is 32. The Morgan fingerprint density at radius 3 is 1.25 bits per heavy atom. The van der Waals surface area contributed by atoms with Crippen LogP contribution in [0.5, 0.6) is 0 Å². The number of quaternary nitrogens is 1. The molecule has 0 rings (SSSR count). The quantitative estimate of drug-likeness (QED) is 0.0243. The molecule has 0 spiro atoms. The molecule has 0 bridgehead atoms. The Balaban J connectivity index is 4.24. The van der Waals surface area contributed by atoms with Crippen LogP contribution in [0.3, 0.4) is 0 Å². The zero-order valence-corrected chi connectivity index (χ0v) is 46.9. The molecule has 1 amide bonds. The fourth-order valence-electron chi connectivity index (χ4n) is 8.34. The first-order chi connectivity index (χ1) is 33.5. The van der Waals surface area contributed by atoms with Gasteiger partial charge in [-0.1, -0.05) is 242 Å². The Bertz CT molecular complexity index is 1310. The fraction of sp³-hybridized carbons (Fsp3) is 0.817. The van der Waals surface area contributed by atoms with E-state index in [1.54, 1.807) is 6.08 Å². The average molecular weight is 991 g/mol. The molecule has 0 aliphatic carbocycles. The molecule has 0 aromatic heterocycles. The number of nitrogens with one attached hydrogen (secondary N) is 1. The molecule has 0 saturated carbocycles. The molecule has 0 radical (unpaired) electrons. The van der Waals surface area contributed by atoms with Crippen LogP contribution in [0.2, 0.25) is 0 Å². The zero-order chi connectivity index (χ0) is 50.6. The largest absolute Gasteiger partial charge is 0.472 e. The number of carbonyl (C=O) groups excluding carboxylic acids is 1. The van der Waals surface area contributed by atoms with Crippen LogP contribution in [-0.2, 0) is 18.4 Å². The summed E-state index contributed by atoms with van der Waals surface area (Å²) >= 11 is 0. The van der Waals surface area contributed by atoms with Crippen LogP contribution < -0.4 is 5.32 Å². The van der Waals surface area contributed by atoms with Crippen LogP contribution in [0, 0.1) is 0 Å². The third-order valence-corrected chi connectivity index (χ3v) is 13.9. The number of nitrogens with zero attached hydrogens (tertiary/aromatic N) is 1. The molecular formula is C60H114N2O6P+. The van der Waals surface area contributed by atoms with Crippen molar-refractivity contribution in [3.8, 4) is 0 Å². The number of hydrogen-bond donors (Lipinski definition) is 3. The number of allylic oxidation sites excluding steroid dienone is 9. The Labute approximate surface area is 428 Å². The fourth-order valence-corrected chi connectivity index (χ4v) is 9.08. The summed E-state index contributed by atoms with van der Waals surface area (Å²) in [4.78, 5) is 23.3. The van der Waals surface area contributed by atoms with Crippen molar-refractivity contribution in [2.24, 2.45) is 0 Å². The second-order valence-electron chi connectivity index (χ2n) is 21.0. The summed E-state index contributed by atoms with van der Waals surface area (Å²) in [5.74, 6) is -0.190. The number of carbonyl (C=O) groups is 1. The van der Waals surface area contributed by atoms with Crippen LogP contribution in [0.25, 0.3) is 0 Å². The van der Waals surface area contributed by atoms with Gasteiger partial charge in [0.1, 0.15) is 13.2 Å². The molecule has 0 aromatic carbocycles. The minimum absolute atomic E-state index is 0.0526. The lowest BCUT2D eigenvalue weighted by atomic mass is 10.0. The van der Waals surface area contributed by atoms with Gasteiger partial charge in [0.2, 0.25) is 5.91 Å². The van der Waals surface area contributed by atoms with Gasteiger partial charge in [0, 0.05) is 6.42 Å².